The van der Waals surface area contributed by atoms with Gasteiger partial charge in [-0.05, 0) is 68.1 Å². The molecule has 3 heteroatoms. The van der Waals surface area contributed by atoms with Crippen LogP contribution in [0.15, 0.2) is 0 Å². The topological polar surface area (TPSA) is 35.5 Å². The Morgan fingerprint density at radius 3 is 2.44 bits per heavy atom. The highest BCUT2D eigenvalue weighted by Gasteiger charge is 2.63. The highest BCUT2D eigenvalue weighted by atomic mass is 16.7. The first-order valence-electron chi connectivity index (χ1n) is 10.8. The Kier molecular flexibility index (Phi) is 3.71. The molecule has 5 fully saturated rings. The third-order valence-electron chi connectivity index (χ3n) is 9.38. The molecule has 4 saturated carbocycles. The molecule has 1 saturated heterocycles. The molecule has 0 radical (unpaired) electrons. The van der Waals surface area contributed by atoms with E-state index in [1.54, 1.807) is 0 Å². The number of Topliss-reactive ketones (excluding diaryl/α,β-unsaturated/α-hetero) is 1. The molecule has 4 aliphatic carbocycles. The van der Waals surface area contributed by atoms with E-state index in [0.29, 0.717) is 23.0 Å². The predicted octanol–water partition coefficient (Wildman–Crippen LogP) is 4.73. The zero-order valence-corrected chi connectivity index (χ0v) is 16.0. The SMILES string of the molecule is CC12CCC3C(CCC4C5(CCCCC34C)OCCO5)C1CCC2=O. The summed E-state index contributed by atoms with van der Waals surface area (Å²) in [6, 6.07) is 0. The fourth-order valence-electron chi connectivity index (χ4n) is 8.18. The van der Waals surface area contributed by atoms with Crippen molar-refractivity contribution in [3.63, 3.8) is 0 Å². The van der Waals surface area contributed by atoms with Gasteiger partial charge in [0.05, 0.1) is 13.2 Å². The smallest absolute Gasteiger partial charge is 0.171 e. The van der Waals surface area contributed by atoms with Gasteiger partial charge in [0, 0.05) is 24.2 Å². The molecule has 0 aromatic heterocycles. The second-order valence-corrected chi connectivity index (χ2v) is 10.1. The van der Waals surface area contributed by atoms with Gasteiger partial charge in [-0.15, -0.1) is 0 Å². The number of ether oxygens (including phenoxy) is 2. The number of fused-ring (bicyclic) bond motifs is 6. The Morgan fingerprint density at radius 1 is 0.880 bits per heavy atom. The lowest BCUT2D eigenvalue weighted by Gasteiger charge is -2.60. The molecule has 0 aromatic rings. The molecule has 25 heavy (non-hydrogen) atoms. The Labute approximate surface area is 152 Å². The van der Waals surface area contributed by atoms with Crippen molar-refractivity contribution in [2.75, 3.05) is 13.2 Å². The van der Waals surface area contributed by atoms with Crippen LogP contribution < -0.4 is 0 Å². The molecule has 140 valence electrons. The number of carbonyl (C=O) groups is 1. The summed E-state index contributed by atoms with van der Waals surface area (Å²) in [4.78, 5) is 12.6. The van der Waals surface area contributed by atoms with Crippen LogP contribution in [0, 0.1) is 34.5 Å². The molecule has 0 bridgehead atoms. The fourth-order valence-corrected chi connectivity index (χ4v) is 8.18. The predicted molar refractivity (Wildman–Crippen MR) is 96.0 cm³/mol. The van der Waals surface area contributed by atoms with Gasteiger partial charge in [0.15, 0.2) is 5.79 Å². The average molecular weight is 347 g/mol. The summed E-state index contributed by atoms with van der Waals surface area (Å²) in [6.45, 7) is 6.40. The van der Waals surface area contributed by atoms with Crippen LogP contribution in [-0.2, 0) is 14.3 Å². The summed E-state index contributed by atoms with van der Waals surface area (Å²) < 4.78 is 12.6. The summed E-state index contributed by atoms with van der Waals surface area (Å²) in [7, 11) is 0. The standard InChI is InChI=1S/C22H34O3/c1-20-10-3-4-11-22(24-13-14-25-22)18(20)7-5-15-16-6-8-19(23)21(16,2)12-9-17(15)20/h15-18H,3-14H2,1-2H3. The lowest BCUT2D eigenvalue weighted by molar-refractivity contribution is -0.248. The van der Waals surface area contributed by atoms with Crippen molar-refractivity contribution in [3.8, 4) is 0 Å². The van der Waals surface area contributed by atoms with Crippen molar-refractivity contribution < 1.29 is 14.3 Å². The molecule has 6 atom stereocenters. The molecule has 0 amide bonds. The molecule has 0 aromatic carbocycles. The van der Waals surface area contributed by atoms with Crippen molar-refractivity contribution >= 4 is 5.78 Å². The normalized spacial score (nSPS) is 51.7. The molecule has 5 aliphatic rings. The molecule has 1 spiro atoms. The number of hydrogen-bond acceptors (Lipinski definition) is 3. The summed E-state index contributed by atoms with van der Waals surface area (Å²) in [5.74, 6) is 2.97. The van der Waals surface area contributed by atoms with Crippen LogP contribution in [0.25, 0.3) is 0 Å². The minimum Gasteiger partial charge on any atom is -0.347 e. The number of rotatable bonds is 0. The van der Waals surface area contributed by atoms with E-state index in [-0.39, 0.29) is 11.2 Å². The van der Waals surface area contributed by atoms with Crippen LogP contribution in [0.5, 0.6) is 0 Å². The molecular weight excluding hydrogens is 312 g/mol. The van der Waals surface area contributed by atoms with Crippen molar-refractivity contribution in [1.82, 2.24) is 0 Å². The molecule has 3 nitrogen and oxygen atoms in total. The van der Waals surface area contributed by atoms with Gasteiger partial charge in [0.25, 0.3) is 0 Å². The van der Waals surface area contributed by atoms with Gasteiger partial charge in [-0.3, -0.25) is 4.79 Å². The Bertz CT molecular complexity index is 566. The first kappa shape index (κ1) is 16.7. The van der Waals surface area contributed by atoms with E-state index in [4.69, 9.17) is 9.47 Å². The van der Waals surface area contributed by atoms with Gasteiger partial charge in [0.2, 0.25) is 0 Å². The Morgan fingerprint density at radius 2 is 1.64 bits per heavy atom. The van der Waals surface area contributed by atoms with Crippen LogP contribution >= 0.6 is 0 Å². The van der Waals surface area contributed by atoms with Gasteiger partial charge in [-0.25, -0.2) is 0 Å². The van der Waals surface area contributed by atoms with Gasteiger partial charge < -0.3 is 9.47 Å². The summed E-state index contributed by atoms with van der Waals surface area (Å²) >= 11 is 0. The molecule has 5 rings (SSSR count). The van der Waals surface area contributed by atoms with Crippen LogP contribution in [0.2, 0.25) is 0 Å². The third-order valence-corrected chi connectivity index (χ3v) is 9.38. The molecule has 1 aliphatic heterocycles. The van der Waals surface area contributed by atoms with E-state index in [0.717, 1.165) is 50.7 Å². The Balaban J connectivity index is 1.50. The van der Waals surface area contributed by atoms with Gasteiger partial charge in [-0.1, -0.05) is 20.3 Å². The third kappa shape index (κ3) is 2.15. The zero-order valence-electron chi connectivity index (χ0n) is 16.0. The zero-order chi connectivity index (χ0) is 17.3. The first-order valence-corrected chi connectivity index (χ1v) is 10.8. The molecule has 0 N–H and O–H groups in total. The minimum atomic E-state index is -0.289. The van der Waals surface area contributed by atoms with Crippen LogP contribution in [0.3, 0.4) is 0 Å². The average Bonchev–Trinajstić information content (AvgIpc) is 3.14. The van der Waals surface area contributed by atoms with Crippen molar-refractivity contribution in [3.05, 3.63) is 0 Å². The largest absolute Gasteiger partial charge is 0.347 e. The van der Waals surface area contributed by atoms with E-state index in [1.807, 2.05) is 0 Å². The summed E-state index contributed by atoms with van der Waals surface area (Å²) in [6.07, 6.45) is 11.8. The number of hydrogen-bond donors (Lipinski definition) is 0. The van der Waals surface area contributed by atoms with Crippen molar-refractivity contribution in [2.24, 2.45) is 34.5 Å². The van der Waals surface area contributed by atoms with E-state index >= 15 is 0 Å². The molecule has 6 unspecified atom stereocenters. The maximum Gasteiger partial charge on any atom is 0.171 e. The summed E-state index contributed by atoms with van der Waals surface area (Å²) in [5, 5.41) is 0. The highest BCUT2D eigenvalue weighted by Crippen LogP contribution is 2.66. The van der Waals surface area contributed by atoms with Crippen LogP contribution in [-0.4, -0.2) is 24.8 Å². The molecular formula is C22H34O3. The van der Waals surface area contributed by atoms with E-state index in [9.17, 15) is 4.79 Å². The maximum atomic E-state index is 12.6. The van der Waals surface area contributed by atoms with E-state index in [2.05, 4.69) is 13.8 Å². The van der Waals surface area contributed by atoms with Crippen LogP contribution in [0.1, 0.15) is 78.1 Å². The van der Waals surface area contributed by atoms with Gasteiger partial charge in [-0.2, -0.15) is 0 Å². The van der Waals surface area contributed by atoms with Crippen molar-refractivity contribution in [2.45, 2.75) is 83.8 Å². The lowest BCUT2D eigenvalue weighted by atomic mass is 9.46. The second kappa shape index (κ2) is 5.55. The first-order chi connectivity index (χ1) is 12.0. The molecule has 1 heterocycles. The van der Waals surface area contributed by atoms with E-state index in [1.165, 1.54) is 38.5 Å². The van der Waals surface area contributed by atoms with Crippen molar-refractivity contribution in [1.29, 1.82) is 0 Å². The number of carbonyl (C=O) groups excluding carboxylic acids is 1. The highest BCUT2D eigenvalue weighted by molar-refractivity contribution is 5.87. The maximum absolute atomic E-state index is 12.6. The minimum absolute atomic E-state index is 0.00681. The lowest BCUT2D eigenvalue weighted by Crippen LogP contribution is -2.57. The van der Waals surface area contributed by atoms with E-state index < -0.39 is 0 Å². The second-order valence-electron chi connectivity index (χ2n) is 10.1. The quantitative estimate of drug-likeness (QED) is 0.636. The van der Waals surface area contributed by atoms with Crippen LogP contribution in [0.4, 0.5) is 0 Å². The number of ketones is 1. The van der Waals surface area contributed by atoms with Gasteiger partial charge >= 0.3 is 0 Å². The van der Waals surface area contributed by atoms with Gasteiger partial charge in [0.1, 0.15) is 5.78 Å². The monoisotopic (exact) mass is 346 g/mol. The Hall–Kier alpha value is -0.410. The summed E-state index contributed by atoms with van der Waals surface area (Å²) in [5.41, 5.74) is 0.323. The fraction of sp³-hybridized carbons (Fsp3) is 0.955.